The SMILES string of the molecule is CCCCC/C=C\C/C=C\CCCCCCCC(=O)OC(CO)COP(=O)(O)OCC[N+](C)(C)C. The standard InChI is InChI=1S/C26H50NO7P/c1-5-6-7-8-9-10-11-12-13-14-15-16-17-18-19-20-26(29)34-25(23-28)24-33-35(30,31)32-22-21-27(2,3)4/h9-10,12-13,25,28H,5-8,11,14-24H2,1-4H3/p+1/b10-9-,13-12-. The van der Waals surface area contributed by atoms with Crippen LogP contribution in [0.2, 0.25) is 0 Å². The van der Waals surface area contributed by atoms with Gasteiger partial charge >= 0.3 is 13.8 Å². The van der Waals surface area contributed by atoms with Crippen molar-refractivity contribution in [2.75, 3.05) is 47.5 Å². The fraction of sp³-hybridized carbons (Fsp3) is 0.808. The first kappa shape index (κ1) is 34.0. The molecule has 0 aromatic rings. The summed E-state index contributed by atoms with van der Waals surface area (Å²) in [6.07, 6.45) is 20.3. The number of hydrogen-bond acceptors (Lipinski definition) is 6. The number of carbonyl (C=O) groups excluding carboxylic acids is 1. The molecule has 0 saturated heterocycles. The third-order valence-corrected chi connectivity index (χ3v) is 6.26. The quantitative estimate of drug-likeness (QED) is 0.0599. The van der Waals surface area contributed by atoms with E-state index in [9.17, 15) is 19.4 Å². The van der Waals surface area contributed by atoms with Crippen molar-refractivity contribution in [1.82, 2.24) is 0 Å². The number of hydrogen-bond donors (Lipinski definition) is 2. The number of phosphoric acid groups is 1. The summed E-state index contributed by atoms with van der Waals surface area (Å²) < 4.78 is 27.4. The van der Waals surface area contributed by atoms with Gasteiger partial charge < -0.3 is 19.2 Å². The molecule has 0 rings (SSSR count). The van der Waals surface area contributed by atoms with E-state index < -0.39 is 33.1 Å². The Morgan fingerprint density at radius 2 is 1.51 bits per heavy atom. The topological polar surface area (TPSA) is 102 Å². The van der Waals surface area contributed by atoms with Gasteiger partial charge in [0.15, 0.2) is 0 Å². The minimum Gasteiger partial charge on any atom is -0.457 e. The zero-order chi connectivity index (χ0) is 26.4. The summed E-state index contributed by atoms with van der Waals surface area (Å²) in [5, 5.41) is 9.38. The van der Waals surface area contributed by atoms with Gasteiger partial charge in [-0.15, -0.1) is 0 Å². The number of ether oxygens (including phenoxy) is 1. The van der Waals surface area contributed by atoms with Gasteiger partial charge in [0.05, 0.1) is 34.4 Å². The van der Waals surface area contributed by atoms with Gasteiger partial charge in [-0.05, 0) is 38.5 Å². The second-order valence-corrected chi connectivity index (χ2v) is 11.3. The number of likely N-dealkylation sites (N-methyl/N-ethyl adjacent to an activating group) is 1. The fourth-order valence-corrected chi connectivity index (χ4v) is 3.84. The van der Waals surface area contributed by atoms with E-state index in [1.54, 1.807) is 0 Å². The number of phosphoric ester groups is 1. The molecule has 0 aromatic heterocycles. The minimum absolute atomic E-state index is 0.0493. The van der Waals surface area contributed by atoms with Crippen molar-refractivity contribution in [2.45, 2.75) is 90.1 Å². The summed E-state index contributed by atoms with van der Waals surface area (Å²) in [6, 6.07) is 0. The van der Waals surface area contributed by atoms with Crippen molar-refractivity contribution < 1.29 is 37.6 Å². The molecule has 0 aliphatic carbocycles. The van der Waals surface area contributed by atoms with E-state index >= 15 is 0 Å². The van der Waals surface area contributed by atoms with Gasteiger partial charge in [0.25, 0.3) is 0 Å². The summed E-state index contributed by atoms with van der Waals surface area (Å²) in [5.74, 6) is -0.447. The second-order valence-electron chi connectivity index (χ2n) is 9.89. The number of quaternary nitrogens is 1. The highest BCUT2D eigenvalue weighted by Crippen LogP contribution is 2.43. The summed E-state index contributed by atoms with van der Waals surface area (Å²) in [7, 11) is 1.53. The molecule has 0 aliphatic rings. The molecule has 35 heavy (non-hydrogen) atoms. The van der Waals surface area contributed by atoms with Gasteiger partial charge in [-0.25, -0.2) is 4.57 Å². The lowest BCUT2D eigenvalue weighted by atomic mass is 10.1. The number of unbranched alkanes of at least 4 members (excludes halogenated alkanes) is 8. The molecule has 2 atom stereocenters. The average molecular weight is 521 g/mol. The highest BCUT2D eigenvalue weighted by molar-refractivity contribution is 7.47. The maximum absolute atomic E-state index is 12.0. The Balaban J connectivity index is 3.80. The largest absolute Gasteiger partial charge is 0.472 e. The molecule has 0 amide bonds. The second kappa shape index (κ2) is 21.1. The molecule has 0 fully saturated rings. The van der Waals surface area contributed by atoms with Gasteiger partial charge in [0.1, 0.15) is 19.3 Å². The molecule has 0 radical (unpaired) electrons. The highest BCUT2D eigenvalue weighted by Gasteiger charge is 2.25. The van der Waals surface area contributed by atoms with Crippen LogP contribution in [-0.2, 0) is 23.1 Å². The summed E-state index contributed by atoms with van der Waals surface area (Å²) in [5.41, 5.74) is 0. The van der Waals surface area contributed by atoms with Crippen LogP contribution in [0.25, 0.3) is 0 Å². The lowest BCUT2D eigenvalue weighted by molar-refractivity contribution is -0.870. The van der Waals surface area contributed by atoms with Crippen LogP contribution < -0.4 is 0 Å². The molecule has 0 saturated carbocycles. The predicted molar refractivity (Wildman–Crippen MR) is 141 cm³/mol. The lowest BCUT2D eigenvalue weighted by Gasteiger charge is -2.24. The lowest BCUT2D eigenvalue weighted by Crippen LogP contribution is -2.37. The first-order valence-corrected chi connectivity index (χ1v) is 14.6. The van der Waals surface area contributed by atoms with Gasteiger partial charge in [0, 0.05) is 6.42 Å². The molecule has 9 heteroatoms. The van der Waals surface area contributed by atoms with Crippen LogP contribution in [0.1, 0.15) is 84.0 Å². The smallest absolute Gasteiger partial charge is 0.457 e. The summed E-state index contributed by atoms with van der Waals surface area (Å²) in [6.45, 7) is 1.90. The number of allylic oxidation sites excluding steroid dienone is 4. The van der Waals surface area contributed by atoms with E-state index in [-0.39, 0.29) is 13.0 Å². The Morgan fingerprint density at radius 1 is 0.914 bits per heavy atom. The Kier molecular flexibility index (Phi) is 20.5. The number of nitrogens with zero attached hydrogens (tertiary/aromatic N) is 1. The van der Waals surface area contributed by atoms with E-state index in [4.69, 9.17) is 13.8 Å². The molecule has 206 valence electrons. The zero-order valence-electron chi connectivity index (χ0n) is 22.5. The number of rotatable bonds is 23. The summed E-state index contributed by atoms with van der Waals surface area (Å²) >= 11 is 0. The first-order valence-electron chi connectivity index (χ1n) is 13.1. The van der Waals surface area contributed by atoms with Crippen molar-refractivity contribution in [3.05, 3.63) is 24.3 Å². The minimum atomic E-state index is -4.26. The van der Waals surface area contributed by atoms with Crippen LogP contribution in [-0.4, -0.2) is 74.1 Å². The Bertz CT molecular complexity index is 632. The Morgan fingerprint density at radius 3 is 2.11 bits per heavy atom. The molecule has 0 heterocycles. The number of esters is 1. The van der Waals surface area contributed by atoms with E-state index in [0.717, 1.165) is 38.5 Å². The Labute approximate surface area is 213 Å². The first-order chi connectivity index (χ1) is 16.6. The Hall–Kier alpha value is -1.02. The van der Waals surface area contributed by atoms with Gasteiger partial charge in [-0.3, -0.25) is 13.8 Å². The van der Waals surface area contributed by atoms with Crippen molar-refractivity contribution >= 4 is 13.8 Å². The van der Waals surface area contributed by atoms with Gasteiger partial charge in [0.2, 0.25) is 0 Å². The molecule has 0 spiro atoms. The third kappa shape index (κ3) is 24.5. The van der Waals surface area contributed by atoms with Crippen LogP contribution >= 0.6 is 7.82 Å². The fourth-order valence-electron chi connectivity index (χ4n) is 3.09. The van der Waals surface area contributed by atoms with Crippen LogP contribution in [0.3, 0.4) is 0 Å². The number of aliphatic hydroxyl groups is 1. The normalized spacial score (nSPS) is 15.0. The van der Waals surface area contributed by atoms with Crippen molar-refractivity contribution in [3.63, 3.8) is 0 Å². The van der Waals surface area contributed by atoms with Crippen LogP contribution in [0.5, 0.6) is 0 Å². The predicted octanol–water partition coefficient (Wildman–Crippen LogP) is 5.54. The van der Waals surface area contributed by atoms with Gasteiger partial charge in [-0.1, -0.05) is 63.3 Å². The van der Waals surface area contributed by atoms with Crippen LogP contribution in [0.15, 0.2) is 24.3 Å². The highest BCUT2D eigenvalue weighted by atomic mass is 31.2. The van der Waals surface area contributed by atoms with E-state index in [1.165, 1.54) is 25.7 Å². The molecular formula is C26H51NO7P+. The average Bonchev–Trinajstić information content (AvgIpc) is 2.78. The molecule has 2 N–H and O–H groups in total. The monoisotopic (exact) mass is 520 g/mol. The van der Waals surface area contributed by atoms with Crippen molar-refractivity contribution in [1.29, 1.82) is 0 Å². The summed E-state index contributed by atoms with van der Waals surface area (Å²) in [4.78, 5) is 21.7. The van der Waals surface area contributed by atoms with Crippen molar-refractivity contribution in [3.8, 4) is 0 Å². The molecular weight excluding hydrogens is 469 g/mol. The van der Waals surface area contributed by atoms with E-state index in [1.807, 2.05) is 21.1 Å². The van der Waals surface area contributed by atoms with Crippen LogP contribution in [0, 0.1) is 0 Å². The van der Waals surface area contributed by atoms with E-state index in [0.29, 0.717) is 17.4 Å². The van der Waals surface area contributed by atoms with E-state index in [2.05, 4.69) is 31.2 Å². The molecule has 0 aliphatic heterocycles. The zero-order valence-corrected chi connectivity index (χ0v) is 23.4. The maximum atomic E-state index is 12.0. The van der Waals surface area contributed by atoms with Crippen LogP contribution in [0.4, 0.5) is 0 Å². The third-order valence-electron chi connectivity index (χ3n) is 5.27. The molecule has 8 nitrogen and oxygen atoms in total. The molecule has 2 unspecified atom stereocenters. The van der Waals surface area contributed by atoms with Gasteiger partial charge in [-0.2, -0.15) is 0 Å². The number of aliphatic hydroxyl groups excluding tert-OH is 1. The maximum Gasteiger partial charge on any atom is 0.472 e. The molecule has 0 aromatic carbocycles. The number of carbonyl (C=O) groups is 1. The van der Waals surface area contributed by atoms with Crippen molar-refractivity contribution in [2.24, 2.45) is 0 Å². The molecule has 0 bridgehead atoms.